The molecule has 21 heavy (non-hydrogen) atoms. The van der Waals surface area contributed by atoms with Crippen LogP contribution in [0.25, 0.3) is 6.08 Å². The fourth-order valence-corrected chi connectivity index (χ4v) is 3.12. The molecule has 1 aliphatic rings. The molecule has 0 radical (unpaired) electrons. The third-order valence-electron chi connectivity index (χ3n) is 2.85. The van der Waals surface area contributed by atoms with E-state index in [-0.39, 0.29) is 20.7 Å². The summed E-state index contributed by atoms with van der Waals surface area (Å²) >= 11 is 5.93. The third kappa shape index (κ3) is 3.01. The topological polar surface area (TPSA) is 101 Å². The smallest absolute Gasteiger partial charge is 0.266 e. The highest BCUT2D eigenvalue weighted by Gasteiger charge is 2.35. The van der Waals surface area contributed by atoms with Crippen molar-refractivity contribution in [2.24, 2.45) is 0 Å². The third-order valence-corrected chi connectivity index (χ3v) is 4.18. The number of hydrogen-bond acceptors (Lipinski definition) is 7. The molecule has 1 saturated heterocycles. The molecule has 0 spiro atoms. The Morgan fingerprint density at radius 2 is 2.14 bits per heavy atom. The second-order valence-electron chi connectivity index (χ2n) is 4.29. The maximum atomic E-state index is 12.2. The molecule has 110 valence electrons. The van der Waals surface area contributed by atoms with E-state index in [1.807, 2.05) is 0 Å². The van der Waals surface area contributed by atoms with Gasteiger partial charge in [-0.25, -0.2) is 0 Å². The van der Waals surface area contributed by atoms with Gasteiger partial charge in [-0.05, 0) is 25.1 Å². The van der Waals surface area contributed by atoms with Crippen LogP contribution < -0.4 is 5.11 Å². The molecular formula is C13H10NO5S2-. The van der Waals surface area contributed by atoms with Crippen LogP contribution in [0.15, 0.2) is 23.1 Å². The van der Waals surface area contributed by atoms with Crippen molar-refractivity contribution in [2.45, 2.75) is 13.0 Å². The van der Waals surface area contributed by atoms with Gasteiger partial charge >= 0.3 is 0 Å². The number of thioether (sulfide) groups is 1. The molecule has 1 amide bonds. The van der Waals surface area contributed by atoms with E-state index < -0.39 is 17.9 Å². The van der Waals surface area contributed by atoms with Crippen LogP contribution in [0.1, 0.15) is 12.5 Å². The summed E-state index contributed by atoms with van der Waals surface area (Å²) in [6.45, 7) is 1.31. The van der Waals surface area contributed by atoms with E-state index >= 15 is 0 Å². The van der Waals surface area contributed by atoms with E-state index in [9.17, 15) is 24.9 Å². The van der Waals surface area contributed by atoms with Crippen LogP contribution >= 0.6 is 24.0 Å². The van der Waals surface area contributed by atoms with Gasteiger partial charge in [-0.1, -0.05) is 24.0 Å². The highest BCUT2D eigenvalue weighted by molar-refractivity contribution is 8.26. The van der Waals surface area contributed by atoms with Gasteiger partial charge in [0.25, 0.3) is 5.91 Å². The summed E-state index contributed by atoms with van der Waals surface area (Å²) in [4.78, 5) is 24.2. The lowest BCUT2D eigenvalue weighted by Crippen LogP contribution is -2.48. The number of aliphatic carboxylic acids is 1. The summed E-state index contributed by atoms with van der Waals surface area (Å²) in [6, 6.07) is 2.75. The summed E-state index contributed by atoms with van der Waals surface area (Å²) < 4.78 is 0.112. The molecule has 0 unspecified atom stereocenters. The Hall–Kier alpha value is -2.06. The molecule has 6 nitrogen and oxygen atoms in total. The Bertz CT molecular complexity index is 671. The lowest BCUT2D eigenvalue weighted by Gasteiger charge is -2.23. The van der Waals surface area contributed by atoms with Gasteiger partial charge in [-0.15, -0.1) is 0 Å². The van der Waals surface area contributed by atoms with E-state index in [0.717, 1.165) is 22.7 Å². The van der Waals surface area contributed by atoms with Crippen molar-refractivity contribution in [3.63, 3.8) is 0 Å². The maximum absolute atomic E-state index is 12.2. The first-order valence-electron chi connectivity index (χ1n) is 5.81. The Balaban J connectivity index is 2.34. The molecule has 1 atom stereocenters. The minimum atomic E-state index is -1.40. The number of phenols is 2. The summed E-state index contributed by atoms with van der Waals surface area (Å²) in [6.07, 6.45) is 1.38. The van der Waals surface area contributed by atoms with E-state index in [2.05, 4.69) is 0 Å². The van der Waals surface area contributed by atoms with Crippen molar-refractivity contribution < 1.29 is 24.9 Å². The first kappa shape index (κ1) is 15.3. The van der Waals surface area contributed by atoms with E-state index in [4.69, 9.17) is 12.2 Å². The Morgan fingerprint density at radius 3 is 2.71 bits per heavy atom. The molecular weight excluding hydrogens is 314 g/mol. The summed E-state index contributed by atoms with van der Waals surface area (Å²) in [5.74, 6) is -2.27. The molecule has 1 heterocycles. The number of carboxylic acid groups (broad SMARTS) is 1. The van der Waals surface area contributed by atoms with Gasteiger partial charge in [0.1, 0.15) is 15.8 Å². The van der Waals surface area contributed by atoms with Crippen LogP contribution in [0, 0.1) is 0 Å². The zero-order valence-electron chi connectivity index (χ0n) is 10.8. The van der Waals surface area contributed by atoms with Gasteiger partial charge in [0, 0.05) is 11.6 Å². The van der Waals surface area contributed by atoms with Crippen molar-refractivity contribution in [2.75, 3.05) is 0 Å². The van der Waals surface area contributed by atoms with Crippen LogP contribution in [0.5, 0.6) is 11.5 Å². The Morgan fingerprint density at radius 1 is 1.48 bits per heavy atom. The number of phenolic OH excluding ortho intramolecular Hbond substituents is 2. The molecule has 1 aromatic rings. The fourth-order valence-electron chi connectivity index (χ4n) is 1.71. The number of amides is 1. The number of hydrogen-bond donors (Lipinski definition) is 2. The van der Waals surface area contributed by atoms with Gasteiger partial charge < -0.3 is 20.1 Å². The van der Waals surface area contributed by atoms with E-state index in [0.29, 0.717) is 5.56 Å². The molecule has 1 aliphatic heterocycles. The first-order valence-corrected chi connectivity index (χ1v) is 7.03. The molecule has 0 bridgehead atoms. The largest absolute Gasteiger partial charge is 0.548 e. The number of rotatable bonds is 3. The highest BCUT2D eigenvalue weighted by Crippen LogP contribution is 2.35. The number of thiocarbonyl (C=S) groups is 1. The standard InChI is InChI=1S/C13H11NO5S2/c1-6(12(18)19)14-11(17)10(21-13(14)20)4-7-2-3-8(15)5-9(7)16/h2-6,15-16H,1H3,(H,18,19)/p-1/b10-4+/t6-/m0/s1. The molecule has 2 N–H and O–H groups in total. The summed E-state index contributed by atoms with van der Waals surface area (Å²) in [7, 11) is 0. The molecule has 0 aromatic heterocycles. The number of carbonyl (C=O) groups is 2. The molecule has 2 rings (SSSR count). The first-order chi connectivity index (χ1) is 9.81. The van der Waals surface area contributed by atoms with Crippen LogP contribution in [0.4, 0.5) is 0 Å². The molecule has 0 aliphatic carbocycles. The fraction of sp³-hybridized carbons (Fsp3) is 0.154. The normalized spacial score (nSPS) is 18.3. The zero-order valence-corrected chi connectivity index (χ0v) is 12.4. The minimum Gasteiger partial charge on any atom is -0.548 e. The molecule has 0 saturated carbocycles. The number of benzene rings is 1. The van der Waals surface area contributed by atoms with E-state index in [1.54, 1.807) is 0 Å². The monoisotopic (exact) mass is 324 g/mol. The zero-order chi connectivity index (χ0) is 15.7. The predicted molar refractivity (Wildman–Crippen MR) is 79.3 cm³/mol. The van der Waals surface area contributed by atoms with Crippen molar-refractivity contribution in [3.05, 3.63) is 28.7 Å². The Kier molecular flexibility index (Phi) is 4.19. The lowest BCUT2D eigenvalue weighted by atomic mass is 10.1. The van der Waals surface area contributed by atoms with Gasteiger partial charge in [0.15, 0.2) is 0 Å². The summed E-state index contributed by atoms with van der Waals surface area (Å²) in [5.41, 5.74) is 0.314. The van der Waals surface area contributed by atoms with Gasteiger partial charge in [0.05, 0.1) is 16.9 Å². The van der Waals surface area contributed by atoms with Crippen LogP contribution in [0.2, 0.25) is 0 Å². The molecule has 8 heteroatoms. The van der Waals surface area contributed by atoms with Crippen molar-refractivity contribution >= 4 is 46.3 Å². The minimum absolute atomic E-state index is 0.109. The number of nitrogens with zero attached hydrogens (tertiary/aromatic N) is 1. The average Bonchev–Trinajstić information content (AvgIpc) is 2.67. The second kappa shape index (κ2) is 5.74. The maximum Gasteiger partial charge on any atom is 0.266 e. The number of aromatic hydroxyl groups is 2. The quantitative estimate of drug-likeness (QED) is 0.614. The van der Waals surface area contributed by atoms with Crippen molar-refractivity contribution in [3.8, 4) is 11.5 Å². The molecule has 1 fully saturated rings. The van der Waals surface area contributed by atoms with Crippen molar-refractivity contribution in [1.29, 1.82) is 0 Å². The number of carbonyl (C=O) groups excluding carboxylic acids is 2. The SMILES string of the molecule is C[C@@H](C(=O)[O-])N1C(=O)/C(=C\c2ccc(O)cc2O)SC1=S. The average molecular weight is 324 g/mol. The second-order valence-corrected chi connectivity index (χ2v) is 5.97. The molecule has 1 aromatic carbocycles. The lowest BCUT2D eigenvalue weighted by molar-refractivity contribution is -0.309. The van der Waals surface area contributed by atoms with Crippen molar-refractivity contribution in [1.82, 2.24) is 4.90 Å². The van der Waals surface area contributed by atoms with Gasteiger partial charge in [-0.3, -0.25) is 9.69 Å². The van der Waals surface area contributed by atoms with E-state index in [1.165, 1.54) is 25.1 Å². The predicted octanol–water partition coefficient (Wildman–Crippen LogP) is 0.437. The number of carboxylic acids is 1. The van der Waals surface area contributed by atoms with Gasteiger partial charge in [0.2, 0.25) is 0 Å². The Labute approximate surface area is 129 Å². The van der Waals surface area contributed by atoms with Crippen LogP contribution in [-0.4, -0.2) is 37.4 Å². The highest BCUT2D eigenvalue weighted by atomic mass is 32.2. The van der Waals surface area contributed by atoms with Crippen LogP contribution in [0.3, 0.4) is 0 Å². The van der Waals surface area contributed by atoms with Gasteiger partial charge in [-0.2, -0.15) is 0 Å². The van der Waals surface area contributed by atoms with Crippen LogP contribution in [-0.2, 0) is 9.59 Å². The summed E-state index contributed by atoms with van der Waals surface area (Å²) in [5, 5.41) is 29.8.